The van der Waals surface area contributed by atoms with Gasteiger partial charge in [0.2, 0.25) is 0 Å². The van der Waals surface area contributed by atoms with Crippen molar-refractivity contribution in [3.63, 3.8) is 0 Å². The van der Waals surface area contributed by atoms with Crippen molar-refractivity contribution >= 4 is 5.97 Å². The molecule has 0 radical (unpaired) electrons. The maximum absolute atomic E-state index is 10.4. The van der Waals surface area contributed by atoms with Gasteiger partial charge in [0.05, 0.1) is 0 Å². The van der Waals surface area contributed by atoms with Gasteiger partial charge in [-0.25, -0.2) is 4.68 Å². The zero-order valence-electron chi connectivity index (χ0n) is 9.73. The van der Waals surface area contributed by atoms with Gasteiger partial charge in [0, 0.05) is 30.9 Å². The van der Waals surface area contributed by atoms with Crippen LogP contribution in [0, 0.1) is 0 Å². The number of rotatable bonds is 6. The number of pyridine rings is 1. The first-order valence-electron chi connectivity index (χ1n) is 5.66. The molecule has 2 rings (SSSR count). The number of hydrogen-bond donors (Lipinski definition) is 1. The normalized spacial score (nSPS) is 10.4. The van der Waals surface area contributed by atoms with Gasteiger partial charge in [-0.2, -0.15) is 0 Å². The largest absolute Gasteiger partial charge is 0.481 e. The topological polar surface area (TPSA) is 93.8 Å². The number of unbranched alkanes of at least 4 members (excludes halogenated alkanes) is 1. The first kappa shape index (κ1) is 12.2. The lowest BCUT2D eigenvalue weighted by atomic mass is 10.2. The number of aromatic nitrogens is 5. The SMILES string of the molecule is O=C(O)CCCCn1nnnc1-c1cccnc1. The van der Waals surface area contributed by atoms with E-state index in [2.05, 4.69) is 20.5 Å². The number of carboxylic acids is 1. The van der Waals surface area contributed by atoms with Crippen molar-refractivity contribution in [3.05, 3.63) is 24.5 Å². The van der Waals surface area contributed by atoms with Gasteiger partial charge in [0.1, 0.15) is 0 Å². The van der Waals surface area contributed by atoms with E-state index in [1.165, 1.54) is 0 Å². The monoisotopic (exact) mass is 247 g/mol. The summed E-state index contributed by atoms with van der Waals surface area (Å²) in [5.74, 6) is -0.127. The summed E-state index contributed by atoms with van der Waals surface area (Å²) in [6.45, 7) is 0.602. The third-order valence-electron chi connectivity index (χ3n) is 2.46. The molecule has 0 spiro atoms. The van der Waals surface area contributed by atoms with E-state index >= 15 is 0 Å². The van der Waals surface area contributed by atoms with E-state index in [0.717, 1.165) is 12.0 Å². The second kappa shape index (κ2) is 5.85. The van der Waals surface area contributed by atoms with Gasteiger partial charge >= 0.3 is 5.97 Å². The van der Waals surface area contributed by atoms with Crippen LogP contribution in [0.25, 0.3) is 11.4 Å². The molecule has 2 aromatic heterocycles. The molecule has 0 aromatic carbocycles. The molecule has 1 N–H and O–H groups in total. The molecule has 7 heteroatoms. The van der Waals surface area contributed by atoms with Crippen LogP contribution in [-0.4, -0.2) is 36.3 Å². The van der Waals surface area contributed by atoms with Gasteiger partial charge in [-0.1, -0.05) is 0 Å². The van der Waals surface area contributed by atoms with Crippen molar-refractivity contribution in [2.45, 2.75) is 25.8 Å². The molecule has 7 nitrogen and oxygen atoms in total. The van der Waals surface area contributed by atoms with Crippen LogP contribution in [-0.2, 0) is 11.3 Å². The Kier molecular flexibility index (Phi) is 3.95. The van der Waals surface area contributed by atoms with Gasteiger partial charge in [-0.15, -0.1) is 5.10 Å². The van der Waals surface area contributed by atoms with Crippen LogP contribution in [0.5, 0.6) is 0 Å². The minimum atomic E-state index is -0.779. The van der Waals surface area contributed by atoms with Crippen LogP contribution in [0.4, 0.5) is 0 Å². The van der Waals surface area contributed by atoms with Gasteiger partial charge in [0.25, 0.3) is 0 Å². The Morgan fingerprint density at radius 2 is 2.28 bits per heavy atom. The second-order valence-electron chi connectivity index (χ2n) is 3.82. The summed E-state index contributed by atoms with van der Waals surface area (Å²) in [6.07, 6.45) is 4.89. The Bertz CT molecular complexity index is 511. The summed E-state index contributed by atoms with van der Waals surface area (Å²) < 4.78 is 1.67. The number of tetrazole rings is 1. The zero-order valence-corrected chi connectivity index (χ0v) is 9.73. The first-order chi connectivity index (χ1) is 8.77. The number of carboxylic acid groups (broad SMARTS) is 1. The zero-order chi connectivity index (χ0) is 12.8. The van der Waals surface area contributed by atoms with E-state index in [0.29, 0.717) is 18.8 Å². The maximum atomic E-state index is 10.4. The molecule has 0 saturated heterocycles. The Labute approximate surface area is 103 Å². The highest BCUT2D eigenvalue weighted by Crippen LogP contribution is 2.14. The van der Waals surface area contributed by atoms with Crippen molar-refractivity contribution in [2.75, 3.05) is 0 Å². The van der Waals surface area contributed by atoms with Crippen LogP contribution in [0.3, 0.4) is 0 Å². The molecule has 2 aromatic rings. The quantitative estimate of drug-likeness (QED) is 0.765. The van der Waals surface area contributed by atoms with Crippen LogP contribution >= 0.6 is 0 Å². The van der Waals surface area contributed by atoms with Crippen molar-refractivity contribution in [2.24, 2.45) is 0 Å². The number of aryl methyl sites for hydroxylation is 1. The summed E-state index contributed by atoms with van der Waals surface area (Å²) in [7, 11) is 0. The molecule has 0 bridgehead atoms. The molecule has 0 atom stereocenters. The van der Waals surface area contributed by atoms with E-state index in [9.17, 15) is 4.79 Å². The Hall–Kier alpha value is -2.31. The average Bonchev–Trinajstić information content (AvgIpc) is 2.84. The molecule has 0 aliphatic carbocycles. The van der Waals surface area contributed by atoms with Crippen LogP contribution < -0.4 is 0 Å². The lowest BCUT2D eigenvalue weighted by Gasteiger charge is -2.03. The van der Waals surface area contributed by atoms with Crippen molar-refractivity contribution in [1.29, 1.82) is 0 Å². The molecule has 0 unspecified atom stereocenters. The van der Waals surface area contributed by atoms with Gasteiger partial charge in [0.15, 0.2) is 5.82 Å². The summed E-state index contributed by atoms with van der Waals surface area (Å²) in [6, 6.07) is 3.70. The molecule has 18 heavy (non-hydrogen) atoms. The fourth-order valence-corrected chi connectivity index (χ4v) is 1.59. The fourth-order valence-electron chi connectivity index (χ4n) is 1.59. The first-order valence-corrected chi connectivity index (χ1v) is 5.66. The lowest BCUT2D eigenvalue weighted by Crippen LogP contribution is -2.04. The van der Waals surface area contributed by atoms with Crippen LogP contribution in [0.15, 0.2) is 24.5 Å². The van der Waals surface area contributed by atoms with E-state index < -0.39 is 5.97 Å². The summed E-state index contributed by atoms with van der Waals surface area (Å²) in [5.41, 5.74) is 0.848. The van der Waals surface area contributed by atoms with Crippen LogP contribution in [0.2, 0.25) is 0 Å². The molecule has 0 aliphatic heterocycles. The minimum absolute atomic E-state index is 0.171. The molecule has 0 aliphatic rings. The molecular formula is C11H13N5O2. The summed E-state index contributed by atoms with van der Waals surface area (Å²) in [5, 5.41) is 20.0. The summed E-state index contributed by atoms with van der Waals surface area (Å²) >= 11 is 0. The third-order valence-corrected chi connectivity index (χ3v) is 2.46. The highest BCUT2D eigenvalue weighted by atomic mass is 16.4. The molecule has 0 saturated carbocycles. The highest BCUT2D eigenvalue weighted by Gasteiger charge is 2.08. The molecular weight excluding hydrogens is 234 g/mol. The van der Waals surface area contributed by atoms with E-state index in [1.807, 2.05) is 12.1 Å². The van der Waals surface area contributed by atoms with Crippen LogP contribution in [0.1, 0.15) is 19.3 Å². The lowest BCUT2D eigenvalue weighted by molar-refractivity contribution is -0.137. The second-order valence-corrected chi connectivity index (χ2v) is 3.82. The van der Waals surface area contributed by atoms with E-state index in [-0.39, 0.29) is 6.42 Å². The number of carbonyl (C=O) groups is 1. The smallest absolute Gasteiger partial charge is 0.303 e. The predicted molar refractivity (Wildman–Crippen MR) is 62.5 cm³/mol. The number of aliphatic carboxylic acids is 1. The Balaban J connectivity index is 1.98. The highest BCUT2D eigenvalue weighted by molar-refractivity contribution is 5.66. The van der Waals surface area contributed by atoms with Gasteiger partial charge in [-0.05, 0) is 35.4 Å². The van der Waals surface area contributed by atoms with Gasteiger partial charge in [-0.3, -0.25) is 9.78 Å². The minimum Gasteiger partial charge on any atom is -0.481 e. The Morgan fingerprint density at radius 3 is 3.00 bits per heavy atom. The standard InChI is InChI=1S/C11H13N5O2/c17-10(18)5-1-2-7-16-11(13-14-15-16)9-4-3-6-12-8-9/h3-4,6,8H,1-2,5,7H2,(H,17,18). The Morgan fingerprint density at radius 1 is 1.39 bits per heavy atom. The predicted octanol–water partition coefficient (Wildman–Crippen LogP) is 0.990. The summed E-state index contributed by atoms with van der Waals surface area (Å²) in [4.78, 5) is 14.4. The molecule has 94 valence electrons. The molecule has 0 amide bonds. The molecule has 0 fully saturated rings. The number of nitrogens with zero attached hydrogens (tertiary/aromatic N) is 5. The molecule has 2 heterocycles. The third kappa shape index (κ3) is 3.09. The van der Waals surface area contributed by atoms with Crippen molar-refractivity contribution in [1.82, 2.24) is 25.2 Å². The van der Waals surface area contributed by atoms with Crippen molar-refractivity contribution in [3.8, 4) is 11.4 Å². The fraction of sp³-hybridized carbons (Fsp3) is 0.364. The van der Waals surface area contributed by atoms with E-state index in [1.54, 1.807) is 17.1 Å². The van der Waals surface area contributed by atoms with Crippen molar-refractivity contribution < 1.29 is 9.90 Å². The average molecular weight is 247 g/mol. The van der Waals surface area contributed by atoms with Gasteiger partial charge < -0.3 is 5.11 Å². The number of hydrogen-bond acceptors (Lipinski definition) is 5. The van der Waals surface area contributed by atoms with E-state index in [4.69, 9.17) is 5.11 Å². The maximum Gasteiger partial charge on any atom is 0.303 e.